The maximum absolute atomic E-state index is 13.8. The third kappa shape index (κ3) is 2.84. The van der Waals surface area contributed by atoms with E-state index in [2.05, 4.69) is 26.2 Å². The zero-order valence-corrected chi connectivity index (χ0v) is 13.0. The van der Waals surface area contributed by atoms with Crippen molar-refractivity contribution in [3.05, 3.63) is 28.2 Å². The van der Waals surface area contributed by atoms with Crippen LogP contribution in [0, 0.1) is 11.6 Å². The van der Waals surface area contributed by atoms with Crippen LogP contribution in [0.15, 0.2) is 21.6 Å². The number of amidine groups is 1. The summed E-state index contributed by atoms with van der Waals surface area (Å²) < 4.78 is 32.5. The number of nitrogens with zero attached hydrogens (tertiary/aromatic N) is 1. The first-order valence-corrected chi connectivity index (χ1v) is 8.08. The Balaban J connectivity index is 1.80. The molecule has 20 heavy (non-hydrogen) atoms. The third-order valence-electron chi connectivity index (χ3n) is 3.48. The molecule has 2 aliphatic heterocycles. The monoisotopic (exact) mass is 362 g/mol. The Labute approximate surface area is 128 Å². The van der Waals surface area contributed by atoms with Gasteiger partial charge in [-0.05, 0) is 34.8 Å². The van der Waals surface area contributed by atoms with E-state index in [-0.39, 0.29) is 11.2 Å². The number of rotatable bonds is 1. The second-order valence-corrected chi connectivity index (χ2v) is 6.73. The molecule has 3 rings (SSSR count). The molecule has 0 bridgehead atoms. The standard InChI is InChI=1S/C13H13BrF2N2OS/c14-9-5-8(15)6-10(16)11(9)17-12-18-13(7-20-12)1-3-19-4-2-13/h5-6H,1-4,7H2,(H,17,18). The van der Waals surface area contributed by atoms with E-state index in [0.717, 1.165) is 24.7 Å². The number of halogens is 3. The van der Waals surface area contributed by atoms with Crippen molar-refractivity contribution in [3.8, 4) is 0 Å². The molecule has 1 spiro atoms. The number of hydrogen-bond donors (Lipinski definition) is 1. The number of ether oxygens (including phenoxy) is 1. The molecule has 0 amide bonds. The SMILES string of the molecule is Fc1cc(F)c(NC2=NC3(CCOCC3)CS2)c(Br)c1. The van der Waals surface area contributed by atoms with Crippen LogP contribution >= 0.6 is 27.7 Å². The van der Waals surface area contributed by atoms with E-state index < -0.39 is 11.6 Å². The molecule has 7 heteroatoms. The van der Waals surface area contributed by atoms with Crippen molar-refractivity contribution in [1.82, 2.24) is 0 Å². The normalized spacial score (nSPS) is 21.1. The number of thioether (sulfide) groups is 1. The van der Waals surface area contributed by atoms with Crippen molar-refractivity contribution in [3.63, 3.8) is 0 Å². The fourth-order valence-corrected chi connectivity index (χ4v) is 4.02. The molecule has 0 saturated carbocycles. The Hall–Kier alpha value is -0.660. The summed E-state index contributed by atoms with van der Waals surface area (Å²) in [5, 5.41) is 3.64. The van der Waals surface area contributed by atoms with Crippen LogP contribution in [-0.2, 0) is 4.74 Å². The van der Waals surface area contributed by atoms with Crippen LogP contribution in [0.5, 0.6) is 0 Å². The third-order valence-corrected chi connectivity index (χ3v) is 5.25. The maximum Gasteiger partial charge on any atom is 0.161 e. The van der Waals surface area contributed by atoms with Gasteiger partial charge in [0.15, 0.2) is 11.0 Å². The van der Waals surface area contributed by atoms with Crippen molar-refractivity contribution in [2.75, 3.05) is 24.3 Å². The Bertz CT molecular complexity index is 538. The average molecular weight is 363 g/mol. The second kappa shape index (κ2) is 5.61. The molecule has 108 valence electrons. The summed E-state index contributed by atoms with van der Waals surface area (Å²) in [7, 11) is 0. The highest BCUT2D eigenvalue weighted by Gasteiger charge is 2.37. The van der Waals surface area contributed by atoms with Crippen molar-refractivity contribution in [2.45, 2.75) is 18.4 Å². The van der Waals surface area contributed by atoms with E-state index in [9.17, 15) is 8.78 Å². The first-order valence-electron chi connectivity index (χ1n) is 6.30. The van der Waals surface area contributed by atoms with Gasteiger partial charge in [-0.2, -0.15) is 0 Å². The quantitative estimate of drug-likeness (QED) is 0.824. The molecule has 0 unspecified atom stereocenters. The van der Waals surface area contributed by atoms with Crippen LogP contribution in [0.3, 0.4) is 0 Å². The molecule has 2 heterocycles. The topological polar surface area (TPSA) is 33.6 Å². The van der Waals surface area contributed by atoms with Gasteiger partial charge in [0, 0.05) is 29.5 Å². The van der Waals surface area contributed by atoms with E-state index in [1.165, 1.54) is 6.07 Å². The van der Waals surface area contributed by atoms with Gasteiger partial charge < -0.3 is 10.1 Å². The fourth-order valence-electron chi connectivity index (χ4n) is 2.32. The molecule has 0 aliphatic carbocycles. The van der Waals surface area contributed by atoms with Crippen LogP contribution in [0.4, 0.5) is 14.5 Å². The summed E-state index contributed by atoms with van der Waals surface area (Å²) in [6, 6.07) is 2.09. The molecule has 1 saturated heterocycles. The van der Waals surface area contributed by atoms with E-state index in [4.69, 9.17) is 4.74 Å². The molecule has 1 aromatic carbocycles. The lowest BCUT2D eigenvalue weighted by Crippen LogP contribution is -2.34. The van der Waals surface area contributed by atoms with Crippen LogP contribution in [0.1, 0.15) is 12.8 Å². The summed E-state index contributed by atoms with van der Waals surface area (Å²) in [4.78, 5) is 4.69. The maximum atomic E-state index is 13.8. The fraction of sp³-hybridized carbons (Fsp3) is 0.462. The van der Waals surface area contributed by atoms with Crippen LogP contribution in [-0.4, -0.2) is 29.7 Å². The molecule has 0 aromatic heterocycles. The number of hydrogen-bond acceptors (Lipinski definition) is 4. The lowest BCUT2D eigenvalue weighted by Gasteiger charge is -2.29. The second-order valence-electron chi connectivity index (χ2n) is 4.91. The zero-order valence-electron chi connectivity index (χ0n) is 10.6. The van der Waals surface area contributed by atoms with Gasteiger partial charge in [-0.1, -0.05) is 11.8 Å². The van der Waals surface area contributed by atoms with E-state index in [1.807, 2.05) is 0 Å². The van der Waals surface area contributed by atoms with Gasteiger partial charge in [-0.15, -0.1) is 0 Å². The first-order chi connectivity index (χ1) is 9.58. The molecule has 2 aliphatic rings. The largest absolute Gasteiger partial charge is 0.381 e. The summed E-state index contributed by atoms with van der Waals surface area (Å²) in [5.41, 5.74) is 0.135. The predicted molar refractivity (Wildman–Crippen MR) is 80.4 cm³/mol. The van der Waals surface area contributed by atoms with E-state index >= 15 is 0 Å². The van der Waals surface area contributed by atoms with E-state index in [0.29, 0.717) is 22.9 Å². The predicted octanol–water partition coefficient (Wildman–Crippen LogP) is 3.79. The minimum absolute atomic E-state index is 0.0891. The zero-order chi connectivity index (χ0) is 14.2. The summed E-state index contributed by atoms with van der Waals surface area (Å²) in [6.07, 6.45) is 1.77. The Morgan fingerprint density at radius 2 is 2.05 bits per heavy atom. The van der Waals surface area contributed by atoms with Crippen LogP contribution in [0.2, 0.25) is 0 Å². The number of aliphatic imine (C=N–C) groups is 1. The lowest BCUT2D eigenvalue weighted by atomic mass is 9.93. The lowest BCUT2D eigenvalue weighted by molar-refractivity contribution is 0.0624. The van der Waals surface area contributed by atoms with Crippen molar-refractivity contribution >= 4 is 38.5 Å². The molecule has 0 radical (unpaired) electrons. The highest BCUT2D eigenvalue weighted by molar-refractivity contribution is 9.10. The van der Waals surface area contributed by atoms with Gasteiger partial charge in [0.2, 0.25) is 0 Å². The summed E-state index contributed by atoms with van der Waals surface area (Å²) in [5.74, 6) is -0.367. The molecule has 1 aromatic rings. The van der Waals surface area contributed by atoms with Gasteiger partial charge >= 0.3 is 0 Å². The number of benzene rings is 1. The number of nitrogens with one attached hydrogen (secondary N) is 1. The van der Waals surface area contributed by atoms with Gasteiger partial charge in [0.1, 0.15) is 5.82 Å². The summed E-state index contributed by atoms with van der Waals surface area (Å²) >= 11 is 4.73. The van der Waals surface area contributed by atoms with Gasteiger partial charge in [0.25, 0.3) is 0 Å². The summed E-state index contributed by atoms with van der Waals surface area (Å²) in [6.45, 7) is 1.43. The Morgan fingerprint density at radius 1 is 1.30 bits per heavy atom. The Kier molecular flexibility index (Phi) is 4.01. The highest BCUT2D eigenvalue weighted by Crippen LogP contribution is 2.37. The first kappa shape index (κ1) is 14.3. The molecule has 3 nitrogen and oxygen atoms in total. The molecular formula is C13H13BrF2N2OS. The Morgan fingerprint density at radius 3 is 2.75 bits per heavy atom. The smallest absolute Gasteiger partial charge is 0.161 e. The van der Waals surface area contributed by atoms with Crippen LogP contribution in [0.25, 0.3) is 0 Å². The molecule has 1 fully saturated rings. The van der Waals surface area contributed by atoms with Crippen molar-refractivity contribution < 1.29 is 13.5 Å². The molecular weight excluding hydrogens is 350 g/mol. The molecule has 0 atom stereocenters. The van der Waals surface area contributed by atoms with Gasteiger partial charge in [-0.3, -0.25) is 4.99 Å². The van der Waals surface area contributed by atoms with Crippen molar-refractivity contribution in [1.29, 1.82) is 0 Å². The van der Waals surface area contributed by atoms with Crippen molar-refractivity contribution in [2.24, 2.45) is 4.99 Å². The molecule has 1 N–H and O–H groups in total. The average Bonchev–Trinajstić information content (AvgIpc) is 2.77. The number of anilines is 1. The van der Waals surface area contributed by atoms with Gasteiger partial charge in [0.05, 0.1) is 11.2 Å². The minimum Gasteiger partial charge on any atom is -0.381 e. The highest BCUT2D eigenvalue weighted by atomic mass is 79.9. The van der Waals surface area contributed by atoms with Crippen LogP contribution < -0.4 is 5.32 Å². The van der Waals surface area contributed by atoms with Gasteiger partial charge in [-0.25, -0.2) is 8.78 Å². The minimum atomic E-state index is -0.631. The van der Waals surface area contributed by atoms with E-state index in [1.54, 1.807) is 11.8 Å².